The maximum Gasteiger partial charge on any atom is 0.335 e. The number of carbonyl (C=O) groups excluding carboxylic acids is 1. The molecule has 0 aliphatic heterocycles. The van der Waals surface area contributed by atoms with Gasteiger partial charge < -0.3 is 10.1 Å². The normalized spacial score (nSPS) is 10.2. The van der Waals surface area contributed by atoms with Crippen LogP contribution in [0.4, 0.5) is 0 Å². The quantitative estimate of drug-likeness (QED) is 0.674. The summed E-state index contributed by atoms with van der Waals surface area (Å²) in [5, 5.41) is 18.3. The fourth-order valence-electron chi connectivity index (χ4n) is 2.59. The SMILES string of the molecule is N#Cc1c(-c2ccccc2)nc(CC(=O)c2cccc(C(=O)O)c2)[nH]c1=O. The Bertz CT molecular complexity index is 1130. The predicted octanol–water partition coefficient (Wildman–Crippen LogP) is 2.43. The molecule has 2 aromatic carbocycles. The molecule has 0 saturated carbocycles. The molecule has 0 atom stereocenters. The van der Waals surface area contributed by atoms with E-state index in [1.54, 1.807) is 30.3 Å². The van der Waals surface area contributed by atoms with Gasteiger partial charge in [0.1, 0.15) is 17.5 Å². The first-order valence-electron chi connectivity index (χ1n) is 7.95. The van der Waals surface area contributed by atoms with Crippen LogP contribution in [0.3, 0.4) is 0 Å². The summed E-state index contributed by atoms with van der Waals surface area (Å²) in [6.45, 7) is 0. The molecule has 2 N–H and O–H groups in total. The number of aromatic nitrogens is 2. The highest BCUT2D eigenvalue weighted by Crippen LogP contribution is 2.19. The Morgan fingerprint density at radius 3 is 2.44 bits per heavy atom. The minimum atomic E-state index is -1.14. The molecular weight excluding hydrogens is 346 g/mol. The van der Waals surface area contributed by atoms with Gasteiger partial charge in [0.25, 0.3) is 5.56 Å². The van der Waals surface area contributed by atoms with Crippen LogP contribution in [0.15, 0.2) is 59.4 Å². The minimum absolute atomic E-state index is 0.00731. The molecule has 7 heteroatoms. The molecule has 0 aliphatic rings. The summed E-state index contributed by atoms with van der Waals surface area (Å²) in [4.78, 5) is 42.5. The van der Waals surface area contributed by atoms with Crippen molar-refractivity contribution in [2.75, 3.05) is 0 Å². The third-order valence-corrected chi connectivity index (χ3v) is 3.89. The second-order valence-corrected chi connectivity index (χ2v) is 5.70. The number of nitrogens with one attached hydrogen (secondary N) is 1. The number of hydrogen-bond acceptors (Lipinski definition) is 5. The fourth-order valence-corrected chi connectivity index (χ4v) is 2.59. The van der Waals surface area contributed by atoms with Crippen molar-refractivity contribution in [1.82, 2.24) is 9.97 Å². The number of benzene rings is 2. The minimum Gasteiger partial charge on any atom is -0.478 e. The number of carboxylic acids is 1. The van der Waals surface area contributed by atoms with Gasteiger partial charge in [-0.2, -0.15) is 5.26 Å². The summed E-state index contributed by atoms with van der Waals surface area (Å²) in [5.74, 6) is -1.44. The third-order valence-electron chi connectivity index (χ3n) is 3.89. The van der Waals surface area contributed by atoms with Crippen molar-refractivity contribution in [3.8, 4) is 17.3 Å². The summed E-state index contributed by atoms with van der Waals surface area (Å²) in [6.07, 6.45) is -0.232. The van der Waals surface area contributed by atoms with E-state index in [0.717, 1.165) is 0 Å². The van der Waals surface area contributed by atoms with Crippen LogP contribution >= 0.6 is 0 Å². The molecule has 3 rings (SSSR count). The van der Waals surface area contributed by atoms with E-state index in [1.165, 1.54) is 24.3 Å². The Labute approximate surface area is 153 Å². The zero-order valence-electron chi connectivity index (χ0n) is 14.0. The van der Waals surface area contributed by atoms with E-state index < -0.39 is 17.3 Å². The number of nitriles is 1. The number of nitrogens with zero attached hydrogens (tertiary/aromatic N) is 2. The molecule has 0 spiro atoms. The third kappa shape index (κ3) is 3.80. The zero-order chi connectivity index (χ0) is 19.4. The number of aromatic carboxylic acids is 1. The van der Waals surface area contributed by atoms with Crippen LogP contribution in [-0.4, -0.2) is 26.8 Å². The first kappa shape index (κ1) is 17.8. The number of ketones is 1. The van der Waals surface area contributed by atoms with Crippen molar-refractivity contribution in [3.05, 3.63) is 87.5 Å². The Hall–Kier alpha value is -4.05. The summed E-state index contributed by atoms with van der Waals surface area (Å²) < 4.78 is 0. The lowest BCUT2D eigenvalue weighted by atomic mass is 10.0. The molecular formula is C20H13N3O4. The molecule has 0 saturated heterocycles. The number of carboxylic acid groups (broad SMARTS) is 1. The molecule has 3 aromatic rings. The van der Waals surface area contributed by atoms with E-state index in [2.05, 4.69) is 9.97 Å². The average molecular weight is 359 g/mol. The standard InChI is InChI=1S/C20H13N3O4/c21-11-15-18(12-5-2-1-3-6-12)22-17(23-19(15)25)10-16(24)13-7-4-8-14(9-13)20(26)27/h1-9H,10H2,(H,26,27)(H,22,23,25). The van der Waals surface area contributed by atoms with Gasteiger partial charge in [0, 0.05) is 11.1 Å². The number of hydrogen-bond donors (Lipinski definition) is 2. The van der Waals surface area contributed by atoms with Crippen molar-refractivity contribution >= 4 is 11.8 Å². The predicted molar refractivity (Wildman–Crippen MR) is 96.4 cm³/mol. The van der Waals surface area contributed by atoms with Gasteiger partial charge in [-0.15, -0.1) is 0 Å². The second-order valence-electron chi connectivity index (χ2n) is 5.70. The molecule has 0 aliphatic carbocycles. The molecule has 0 fully saturated rings. The molecule has 132 valence electrons. The van der Waals surface area contributed by atoms with Gasteiger partial charge >= 0.3 is 5.97 Å². The van der Waals surface area contributed by atoms with Gasteiger partial charge in [-0.05, 0) is 12.1 Å². The fraction of sp³-hybridized carbons (Fsp3) is 0.0500. The van der Waals surface area contributed by atoms with E-state index in [-0.39, 0.29) is 34.6 Å². The van der Waals surface area contributed by atoms with Crippen molar-refractivity contribution in [1.29, 1.82) is 5.26 Å². The lowest BCUT2D eigenvalue weighted by molar-refractivity contribution is 0.0697. The van der Waals surface area contributed by atoms with Gasteiger partial charge in [0.2, 0.25) is 0 Å². The van der Waals surface area contributed by atoms with Crippen molar-refractivity contribution in [3.63, 3.8) is 0 Å². The summed E-state index contributed by atoms with van der Waals surface area (Å²) in [6, 6.07) is 16.2. The molecule has 0 radical (unpaired) electrons. The lowest BCUT2D eigenvalue weighted by Crippen LogP contribution is -2.19. The van der Waals surface area contributed by atoms with E-state index in [4.69, 9.17) is 5.11 Å². The number of Topliss-reactive ketones (excluding diaryl/α,β-unsaturated/α-hetero) is 1. The van der Waals surface area contributed by atoms with Crippen LogP contribution in [0.2, 0.25) is 0 Å². The number of carbonyl (C=O) groups is 2. The monoisotopic (exact) mass is 359 g/mol. The summed E-state index contributed by atoms with van der Waals surface area (Å²) in [7, 11) is 0. The molecule has 7 nitrogen and oxygen atoms in total. The molecule has 0 unspecified atom stereocenters. The van der Waals surface area contributed by atoms with Crippen LogP contribution in [0.25, 0.3) is 11.3 Å². The van der Waals surface area contributed by atoms with Crippen molar-refractivity contribution < 1.29 is 14.7 Å². The van der Waals surface area contributed by atoms with Crippen LogP contribution in [0.5, 0.6) is 0 Å². The number of H-pyrrole nitrogens is 1. The molecule has 0 bridgehead atoms. The van der Waals surface area contributed by atoms with Gasteiger partial charge in [-0.1, -0.05) is 42.5 Å². The highest BCUT2D eigenvalue weighted by Gasteiger charge is 2.16. The molecule has 0 amide bonds. The highest BCUT2D eigenvalue weighted by molar-refractivity contribution is 5.99. The van der Waals surface area contributed by atoms with Crippen LogP contribution < -0.4 is 5.56 Å². The smallest absolute Gasteiger partial charge is 0.335 e. The van der Waals surface area contributed by atoms with Gasteiger partial charge in [0.05, 0.1) is 17.7 Å². The highest BCUT2D eigenvalue weighted by atomic mass is 16.4. The molecule has 1 heterocycles. The van der Waals surface area contributed by atoms with Crippen LogP contribution in [0, 0.1) is 11.3 Å². The topological polar surface area (TPSA) is 124 Å². The maximum atomic E-state index is 12.5. The van der Waals surface area contributed by atoms with E-state index in [0.29, 0.717) is 5.56 Å². The van der Waals surface area contributed by atoms with E-state index >= 15 is 0 Å². The second kappa shape index (κ2) is 7.45. The van der Waals surface area contributed by atoms with Gasteiger partial charge in [0.15, 0.2) is 5.78 Å². The summed E-state index contributed by atoms with van der Waals surface area (Å²) in [5.41, 5.74) is 0.208. The zero-order valence-corrected chi connectivity index (χ0v) is 14.0. The Balaban J connectivity index is 1.99. The first-order valence-corrected chi connectivity index (χ1v) is 7.95. The largest absolute Gasteiger partial charge is 0.478 e. The Kier molecular flexibility index (Phi) is 4.90. The van der Waals surface area contributed by atoms with Crippen LogP contribution in [-0.2, 0) is 6.42 Å². The average Bonchev–Trinajstić information content (AvgIpc) is 2.68. The van der Waals surface area contributed by atoms with Crippen LogP contribution in [0.1, 0.15) is 32.1 Å². The van der Waals surface area contributed by atoms with E-state index in [9.17, 15) is 19.6 Å². The van der Waals surface area contributed by atoms with E-state index in [1.807, 2.05) is 6.07 Å². The number of rotatable bonds is 5. The Morgan fingerprint density at radius 1 is 1.07 bits per heavy atom. The van der Waals surface area contributed by atoms with Gasteiger partial charge in [-0.3, -0.25) is 9.59 Å². The van der Waals surface area contributed by atoms with Crippen molar-refractivity contribution in [2.24, 2.45) is 0 Å². The first-order chi connectivity index (χ1) is 13.0. The molecule has 1 aromatic heterocycles. The maximum absolute atomic E-state index is 12.5. The van der Waals surface area contributed by atoms with Crippen molar-refractivity contribution in [2.45, 2.75) is 6.42 Å². The Morgan fingerprint density at radius 2 is 1.78 bits per heavy atom. The lowest BCUT2D eigenvalue weighted by Gasteiger charge is -2.07. The summed E-state index contributed by atoms with van der Waals surface area (Å²) >= 11 is 0. The van der Waals surface area contributed by atoms with Gasteiger partial charge in [-0.25, -0.2) is 9.78 Å². The number of aromatic amines is 1. The molecule has 27 heavy (non-hydrogen) atoms.